The highest BCUT2D eigenvalue weighted by Crippen LogP contribution is 2.11. The Morgan fingerprint density at radius 2 is 1.19 bits per heavy atom. The van der Waals surface area contributed by atoms with Gasteiger partial charge in [-0.2, -0.15) is 0 Å². The van der Waals surface area contributed by atoms with Crippen LogP contribution in [0, 0.1) is 0 Å². The highest BCUT2D eigenvalue weighted by atomic mass is 16.5. The molecule has 1 aromatic rings. The van der Waals surface area contributed by atoms with Crippen LogP contribution in [0.15, 0.2) is 12.1 Å². The summed E-state index contributed by atoms with van der Waals surface area (Å²) in [7, 11) is 0. The van der Waals surface area contributed by atoms with Gasteiger partial charge in [0.1, 0.15) is 11.4 Å². The second kappa shape index (κ2) is 7.98. The number of rotatable bonds is 6. The van der Waals surface area contributed by atoms with Crippen molar-refractivity contribution in [1.29, 1.82) is 0 Å². The van der Waals surface area contributed by atoms with E-state index in [9.17, 15) is 14.4 Å². The summed E-state index contributed by atoms with van der Waals surface area (Å²) in [4.78, 5) is 39.1. The van der Waals surface area contributed by atoms with Gasteiger partial charge in [-0.25, -0.2) is 19.4 Å². The summed E-state index contributed by atoms with van der Waals surface area (Å²) >= 11 is 0. The molecule has 114 valence electrons. The number of esters is 3. The van der Waals surface area contributed by atoms with Crippen molar-refractivity contribution in [1.82, 2.24) is 4.98 Å². The predicted octanol–water partition coefficient (Wildman–Crippen LogP) is 1.61. The lowest BCUT2D eigenvalue weighted by molar-refractivity contribution is 0.0511. The van der Waals surface area contributed by atoms with Gasteiger partial charge in [0.15, 0.2) is 0 Å². The summed E-state index contributed by atoms with van der Waals surface area (Å²) in [5.74, 6) is -2.11. The average molecular weight is 295 g/mol. The molecule has 0 aliphatic carbocycles. The molecule has 0 amide bonds. The number of nitrogens with zero attached hydrogens (tertiary/aromatic N) is 1. The Morgan fingerprint density at radius 3 is 1.57 bits per heavy atom. The van der Waals surface area contributed by atoms with E-state index in [1.807, 2.05) is 0 Å². The molecule has 0 radical (unpaired) electrons. The summed E-state index contributed by atoms with van der Waals surface area (Å²) in [6.45, 7) is 5.40. The van der Waals surface area contributed by atoms with Gasteiger partial charge in [0.25, 0.3) is 0 Å². The first-order chi connectivity index (χ1) is 10.0. The molecule has 0 bridgehead atoms. The van der Waals surface area contributed by atoms with Gasteiger partial charge in [0, 0.05) is 0 Å². The van der Waals surface area contributed by atoms with E-state index in [4.69, 9.17) is 14.2 Å². The first-order valence-corrected chi connectivity index (χ1v) is 6.56. The van der Waals surface area contributed by atoms with Crippen LogP contribution >= 0.6 is 0 Å². The Kier molecular flexibility index (Phi) is 6.32. The Hall–Kier alpha value is -2.44. The van der Waals surface area contributed by atoms with Crippen molar-refractivity contribution >= 4 is 17.9 Å². The molecule has 0 N–H and O–H groups in total. The van der Waals surface area contributed by atoms with Gasteiger partial charge < -0.3 is 14.2 Å². The SMILES string of the molecule is CCOC(=O)c1cc(C(=O)OCC)nc(C(=O)OCC)c1. The molecule has 7 nitrogen and oxygen atoms in total. The molecule has 0 saturated heterocycles. The van der Waals surface area contributed by atoms with Gasteiger partial charge in [-0.1, -0.05) is 0 Å². The number of aromatic nitrogens is 1. The Bertz CT molecular complexity index is 452. The summed E-state index contributed by atoms with van der Waals surface area (Å²) in [5.41, 5.74) is -0.256. The largest absolute Gasteiger partial charge is 0.462 e. The summed E-state index contributed by atoms with van der Waals surface area (Å²) in [5, 5.41) is 0. The third-order valence-electron chi connectivity index (χ3n) is 2.31. The number of hydrogen-bond donors (Lipinski definition) is 0. The topological polar surface area (TPSA) is 91.8 Å². The molecule has 0 aliphatic rings. The van der Waals surface area contributed by atoms with Crippen LogP contribution in [0.25, 0.3) is 0 Å². The Morgan fingerprint density at radius 1 is 0.810 bits per heavy atom. The Balaban J connectivity index is 3.22. The van der Waals surface area contributed by atoms with Crippen LogP contribution in [0.3, 0.4) is 0 Å². The van der Waals surface area contributed by atoms with Gasteiger partial charge >= 0.3 is 17.9 Å². The van der Waals surface area contributed by atoms with Crippen LogP contribution in [0.5, 0.6) is 0 Å². The van der Waals surface area contributed by atoms with E-state index in [1.54, 1.807) is 20.8 Å². The molecule has 0 fully saturated rings. The first kappa shape index (κ1) is 16.6. The minimum Gasteiger partial charge on any atom is -0.462 e. The highest BCUT2D eigenvalue weighted by molar-refractivity contribution is 5.97. The monoisotopic (exact) mass is 295 g/mol. The summed E-state index contributed by atoms with van der Waals surface area (Å²) in [6.07, 6.45) is 0. The van der Waals surface area contributed by atoms with Gasteiger partial charge in [0.2, 0.25) is 0 Å². The van der Waals surface area contributed by atoms with Crippen LogP contribution in [0.2, 0.25) is 0 Å². The highest BCUT2D eigenvalue weighted by Gasteiger charge is 2.19. The molecule has 0 spiro atoms. The van der Waals surface area contributed by atoms with Crippen molar-refractivity contribution in [3.63, 3.8) is 0 Å². The number of pyridine rings is 1. The molecule has 0 atom stereocenters. The van der Waals surface area contributed by atoms with E-state index in [-0.39, 0.29) is 36.8 Å². The van der Waals surface area contributed by atoms with Crippen molar-refractivity contribution < 1.29 is 28.6 Å². The molecule has 0 saturated carbocycles. The van der Waals surface area contributed by atoms with Gasteiger partial charge in [-0.3, -0.25) is 0 Å². The zero-order valence-corrected chi connectivity index (χ0v) is 12.2. The van der Waals surface area contributed by atoms with E-state index in [1.165, 1.54) is 12.1 Å². The third-order valence-corrected chi connectivity index (χ3v) is 2.31. The van der Waals surface area contributed by atoms with Gasteiger partial charge in [-0.15, -0.1) is 0 Å². The van der Waals surface area contributed by atoms with Gasteiger partial charge in [-0.05, 0) is 32.9 Å². The lowest BCUT2D eigenvalue weighted by Crippen LogP contribution is -2.16. The van der Waals surface area contributed by atoms with Crippen molar-refractivity contribution in [2.45, 2.75) is 20.8 Å². The second-order valence-electron chi connectivity index (χ2n) is 3.79. The third kappa shape index (κ3) is 4.55. The van der Waals surface area contributed by atoms with Crippen LogP contribution in [-0.4, -0.2) is 42.7 Å². The number of carbonyl (C=O) groups is 3. The molecule has 0 aromatic carbocycles. The van der Waals surface area contributed by atoms with Crippen molar-refractivity contribution in [3.05, 3.63) is 29.1 Å². The zero-order valence-electron chi connectivity index (χ0n) is 12.2. The molecular weight excluding hydrogens is 278 g/mol. The first-order valence-electron chi connectivity index (χ1n) is 6.56. The molecule has 1 aromatic heterocycles. The second-order valence-corrected chi connectivity index (χ2v) is 3.79. The lowest BCUT2D eigenvalue weighted by atomic mass is 10.2. The molecule has 0 aliphatic heterocycles. The molecule has 7 heteroatoms. The smallest absolute Gasteiger partial charge is 0.356 e. The number of carbonyl (C=O) groups excluding carboxylic acids is 3. The Labute approximate surface area is 122 Å². The lowest BCUT2D eigenvalue weighted by Gasteiger charge is -2.08. The van der Waals surface area contributed by atoms with Crippen LogP contribution < -0.4 is 0 Å². The zero-order chi connectivity index (χ0) is 15.8. The van der Waals surface area contributed by atoms with E-state index >= 15 is 0 Å². The predicted molar refractivity (Wildman–Crippen MR) is 72.1 cm³/mol. The molecule has 1 heterocycles. The minimum atomic E-state index is -0.728. The summed E-state index contributed by atoms with van der Waals surface area (Å²) in [6, 6.07) is 2.44. The normalized spacial score (nSPS) is 9.86. The standard InChI is InChI=1S/C14H17NO6/c1-4-19-12(16)9-7-10(13(17)20-5-2)15-11(8-9)14(18)21-6-3/h7-8H,4-6H2,1-3H3. The maximum atomic E-state index is 11.8. The number of hydrogen-bond acceptors (Lipinski definition) is 7. The number of ether oxygens (including phenoxy) is 3. The van der Waals surface area contributed by atoms with Gasteiger partial charge in [0.05, 0.1) is 25.4 Å². The van der Waals surface area contributed by atoms with Crippen molar-refractivity contribution in [3.8, 4) is 0 Å². The fraction of sp³-hybridized carbons (Fsp3) is 0.429. The van der Waals surface area contributed by atoms with Crippen molar-refractivity contribution in [2.75, 3.05) is 19.8 Å². The quantitative estimate of drug-likeness (QED) is 0.581. The van der Waals surface area contributed by atoms with Crippen LogP contribution in [-0.2, 0) is 14.2 Å². The fourth-order valence-corrected chi connectivity index (χ4v) is 1.48. The molecule has 21 heavy (non-hydrogen) atoms. The van der Waals surface area contributed by atoms with Crippen LogP contribution in [0.1, 0.15) is 52.1 Å². The minimum absolute atomic E-state index is 0.0398. The maximum absolute atomic E-state index is 11.8. The van der Waals surface area contributed by atoms with E-state index < -0.39 is 17.9 Å². The average Bonchev–Trinajstić information content (AvgIpc) is 2.47. The van der Waals surface area contributed by atoms with Crippen LogP contribution in [0.4, 0.5) is 0 Å². The molecule has 0 unspecified atom stereocenters. The maximum Gasteiger partial charge on any atom is 0.356 e. The summed E-state index contributed by atoms with van der Waals surface area (Å²) < 4.78 is 14.5. The molecule has 1 rings (SSSR count). The molecular formula is C14H17NO6. The van der Waals surface area contributed by atoms with Crippen molar-refractivity contribution in [2.24, 2.45) is 0 Å². The van der Waals surface area contributed by atoms with E-state index in [0.717, 1.165) is 0 Å². The van der Waals surface area contributed by atoms with E-state index in [0.29, 0.717) is 0 Å². The fourth-order valence-electron chi connectivity index (χ4n) is 1.48. The van der Waals surface area contributed by atoms with E-state index in [2.05, 4.69) is 4.98 Å².